The van der Waals surface area contributed by atoms with E-state index in [1.807, 2.05) is 6.07 Å². The molecule has 2 nitrogen and oxygen atoms in total. The van der Waals surface area contributed by atoms with Crippen molar-refractivity contribution in [2.45, 2.75) is 45.6 Å². The summed E-state index contributed by atoms with van der Waals surface area (Å²) in [6.45, 7) is 4.59. The monoisotopic (exact) mass is 343 g/mol. The summed E-state index contributed by atoms with van der Waals surface area (Å²) in [7, 11) is 0. The van der Waals surface area contributed by atoms with E-state index in [0.29, 0.717) is 17.4 Å². The molecule has 2 rings (SSSR count). The minimum Gasteiger partial charge on any atom is -0.392 e. The molecular formula is C16H23BrFNO. The van der Waals surface area contributed by atoms with E-state index in [-0.39, 0.29) is 16.6 Å². The third-order valence-corrected chi connectivity index (χ3v) is 5.68. The molecule has 0 bridgehead atoms. The Kier molecular flexibility index (Phi) is 4.57. The molecule has 20 heavy (non-hydrogen) atoms. The molecule has 2 atom stereocenters. The molecule has 3 N–H and O–H groups in total. The molecule has 0 aromatic heterocycles. The summed E-state index contributed by atoms with van der Waals surface area (Å²) < 4.78 is 14.2. The summed E-state index contributed by atoms with van der Waals surface area (Å²) in [6, 6.07) is 5.04. The first kappa shape index (κ1) is 15.9. The molecule has 2 unspecified atom stereocenters. The normalized spacial score (nSPS) is 29.4. The van der Waals surface area contributed by atoms with Crippen molar-refractivity contribution in [2.24, 2.45) is 16.6 Å². The van der Waals surface area contributed by atoms with Gasteiger partial charge in [0.15, 0.2) is 0 Å². The lowest BCUT2D eigenvalue weighted by Gasteiger charge is -2.49. The number of aliphatic hydroxyl groups is 1. The number of nitrogens with two attached hydrogens (primary N) is 1. The maximum absolute atomic E-state index is 13.7. The molecule has 0 saturated heterocycles. The topological polar surface area (TPSA) is 46.2 Å². The summed E-state index contributed by atoms with van der Waals surface area (Å²) in [5, 5.41) is 10.8. The predicted molar refractivity (Wildman–Crippen MR) is 82.9 cm³/mol. The van der Waals surface area contributed by atoms with Crippen molar-refractivity contribution >= 4 is 15.9 Å². The van der Waals surface area contributed by atoms with Gasteiger partial charge in [-0.05, 0) is 52.2 Å². The van der Waals surface area contributed by atoms with Crippen LogP contribution in [0.1, 0.15) is 38.7 Å². The Bertz CT molecular complexity index is 491. The van der Waals surface area contributed by atoms with Crippen LogP contribution < -0.4 is 5.73 Å². The number of rotatable bonds is 3. The lowest BCUT2D eigenvalue weighted by atomic mass is 9.59. The Hall–Kier alpha value is -0.450. The minimum absolute atomic E-state index is 0.141. The van der Waals surface area contributed by atoms with Crippen molar-refractivity contribution in [3.05, 3.63) is 34.1 Å². The second kappa shape index (κ2) is 5.74. The van der Waals surface area contributed by atoms with Gasteiger partial charge in [0.2, 0.25) is 0 Å². The van der Waals surface area contributed by atoms with Gasteiger partial charge in [0.05, 0.1) is 10.6 Å². The first-order chi connectivity index (χ1) is 9.32. The van der Waals surface area contributed by atoms with Gasteiger partial charge >= 0.3 is 0 Å². The van der Waals surface area contributed by atoms with Crippen LogP contribution in [0, 0.1) is 16.6 Å². The average Bonchev–Trinajstić information content (AvgIpc) is 2.40. The van der Waals surface area contributed by atoms with Gasteiger partial charge in [-0.25, -0.2) is 4.39 Å². The third kappa shape index (κ3) is 2.78. The first-order valence-corrected chi connectivity index (χ1v) is 7.93. The van der Waals surface area contributed by atoms with Gasteiger partial charge in [-0.3, -0.25) is 0 Å². The highest BCUT2D eigenvalue weighted by Gasteiger charge is 2.47. The maximum Gasteiger partial charge on any atom is 0.137 e. The van der Waals surface area contributed by atoms with E-state index in [1.54, 1.807) is 6.07 Å². The van der Waals surface area contributed by atoms with Gasteiger partial charge in [-0.2, -0.15) is 0 Å². The zero-order valence-electron chi connectivity index (χ0n) is 12.1. The maximum atomic E-state index is 13.7. The van der Waals surface area contributed by atoms with Crippen molar-refractivity contribution < 1.29 is 9.50 Å². The third-order valence-electron chi connectivity index (χ3n) is 4.80. The van der Waals surface area contributed by atoms with Crippen molar-refractivity contribution in [1.29, 1.82) is 0 Å². The fourth-order valence-electron chi connectivity index (χ4n) is 3.53. The second-order valence-corrected chi connectivity index (χ2v) is 7.49. The highest BCUT2D eigenvalue weighted by Crippen LogP contribution is 2.48. The fraction of sp³-hybridized carbons (Fsp3) is 0.625. The average molecular weight is 344 g/mol. The summed E-state index contributed by atoms with van der Waals surface area (Å²) in [5.74, 6) is -0.265. The number of halogens is 2. The number of benzene rings is 1. The lowest BCUT2D eigenvalue weighted by molar-refractivity contribution is -0.0885. The van der Waals surface area contributed by atoms with Crippen molar-refractivity contribution in [1.82, 2.24) is 0 Å². The van der Waals surface area contributed by atoms with E-state index < -0.39 is 6.10 Å². The molecule has 1 aliphatic rings. The van der Waals surface area contributed by atoms with Crippen molar-refractivity contribution in [2.75, 3.05) is 6.54 Å². The van der Waals surface area contributed by atoms with Gasteiger partial charge in [0, 0.05) is 12.0 Å². The van der Waals surface area contributed by atoms with Crippen LogP contribution >= 0.6 is 15.9 Å². The highest BCUT2D eigenvalue weighted by molar-refractivity contribution is 9.10. The largest absolute Gasteiger partial charge is 0.392 e. The summed E-state index contributed by atoms with van der Waals surface area (Å²) in [4.78, 5) is 0. The van der Waals surface area contributed by atoms with E-state index in [0.717, 1.165) is 24.8 Å². The first-order valence-electron chi connectivity index (χ1n) is 7.13. The molecule has 112 valence electrons. The molecular weight excluding hydrogens is 321 g/mol. The Morgan fingerprint density at radius 2 is 2.10 bits per heavy atom. The van der Waals surface area contributed by atoms with Gasteiger partial charge in [0.1, 0.15) is 5.82 Å². The molecule has 1 aromatic rings. The Labute approximate surface area is 128 Å². The van der Waals surface area contributed by atoms with Crippen LogP contribution in [-0.4, -0.2) is 17.8 Å². The van der Waals surface area contributed by atoms with Gasteiger partial charge in [-0.15, -0.1) is 0 Å². The van der Waals surface area contributed by atoms with Crippen molar-refractivity contribution in [3.8, 4) is 0 Å². The summed E-state index contributed by atoms with van der Waals surface area (Å²) >= 11 is 3.31. The van der Waals surface area contributed by atoms with Crippen LogP contribution in [0.4, 0.5) is 4.39 Å². The summed E-state index contributed by atoms with van der Waals surface area (Å²) in [5.41, 5.74) is 6.39. The standard InChI is InChI=1S/C16H23BrFNO/c1-15(2)7-4-8-16(10-19,14(15)20)9-11-5-3-6-12(18)13(11)17/h3,5-6,14,20H,4,7-10,19H2,1-2H3. The molecule has 1 fully saturated rings. The number of aliphatic hydroxyl groups excluding tert-OH is 1. The highest BCUT2D eigenvalue weighted by atomic mass is 79.9. The van der Waals surface area contributed by atoms with Gasteiger partial charge in [0.25, 0.3) is 0 Å². The smallest absolute Gasteiger partial charge is 0.137 e. The van der Waals surface area contributed by atoms with Crippen LogP contribution in [0.5, 0.6) is 0 Å². The molecule has 0 spiro atoms. The van der Waals surface area contributed by atoms with E-state index in [4.69, 9.17) is 5.73 Å². The van der Waals surface area contributed by atoms with E-state index in [9.17, 15) is 9.50 Å². The minimum atomic E-state index is -0.469. The molecule has 0 heterocycles. The quantitative estimate of drug-likeness (QED) is 0.879. The SMILES string of the molecule is CC1(C)CCCC(CN)(Cc2cccc(F)c2Br)C1O. The molecule has 1 aliphatic carbocycles. The van der Waals surface area contributed by atoms with Crippen LogP contribution in [0.25, 0.3) is 0 Å². The number of hydrogen-bond acceptors (Lipinski definition) is 2. The molecule has 4 heteroatoms. The fourth-order valence-corrected chi connectivity index (χ4v) is 3.94. The van der Waals surface area contributed by atoms with Crippen molar-refractivity contribution in [3.63, 3.8) is 0 Å². The summed E-state index contributed by atoms with van der Waals surface area (Å²) in [6.07, 6.45) is 3.07. The Balaban J connectivity index is 2.34. The Morgan fingerprint density at radius 1 is 1.40 bits per heavy atom. The lowest BCUT2D eigenvalue weighted by Crippen LogP contribution is -2.53. The number of hydrogen-bond donors (Lipinski definition) is 2. The Morgan fingerprint density at radius 3 is 2.75 bits per heavy atom. The van der Waals surface area contributed by atoms with Crippen LogP contribution in [0.15, 0.2) is 22.7 Å². The molecule has 1 aromatic carbocycles. The van der Waals surface area contributed by atoms with E-state index in [1.165, 1.54) is 6.07 Å². The zero-order valence-corrected chi connectivity index (χ0v) is 13.7. The molecule has 0 amide bonds. The second-order valence-electron chi connectivity index (χ2n) is 6.70. The van der Waals surface area contributed by atoms with Gasteiger partial charge in [-0.1, -0.05) is 32.4 Å². The van der Waals surface area contributed by atoms with Gasteiger partial charge < -0.3 is 10.8 Å². The van der Waals surface area contributed by atoms with Crippen LogP contribution in [0.3, 0.4) is 0 Å². The van der Waals surface area contributed by atoms with E-state index >= 15 is 0 Å². The predicted octanol–water partition coefficient (Wildman–Crippen LogP) is 3.65. The molecule has 1 saturated carbocycles. The van der Waals surface area contributed by atoms with E-state index in [2.05, 4.69) is 29.8 Å². The molecule has 0 aliphatic heterocycles. The zero-order chi connectivity index (χ0) is 15.0. The van der Waals surface area contributed by atoms with Crippen LogP contribution in [-0.2, 0) is 6.42 Å². The molecule has 0 radical (unpaired) electrons. The van der Waals surface area contributed by atoms with Crippen LogP contribution in [0.2, 0.25) is 0 Å².